The molecule has 2 aromatic carbocycles. The van der Waals surface area contributed by atoms with Crippen LogP contribution in [0, 0.1) is 6.92 Å². The largest absolute Gasteiger partial charge is 0.490 e. The zero-order valence-corrected chi connectivity index (χ0v) is 18.6. The number of carbonyl (C=O) groups is 3. The van der Waals surface area contributed by atoms with E-state index in [9.17, 15) is 14.4 Å². The van der Waals surface area contributed by atoms with E-state index in [1.807, 2.05) is 32.0 Å². The third kappa shape index (κ3) is 8.10. The van der Waals surface area contributed by atoms with Gasteiger partial charge in [0.25, 0.3) is 5.91 Å². The summed E-state index contributed by atoms with van der Waals surface area (Å²) in [5.41, 5.74) is 4.50. The van der Waals surface area contributed by atoms with Crippen molar-refractivity contribution in [3.8, 4) is 11.5 Å². The molecule has 0 aliphatic carbocycles. The number of ether oxygens (including phenoxy) is 2. The molecule has 0 aromatic heterocycles. The van der Waals surface area contributed by atoms with Crippen molar-refractivity contribution in [2.24, 2.45) is 5.10 Å². The molecule has 0 aliphatic rings. The molecule has 2 rings (SSSR count). The number of hydrogen-bond donors (Lipinski definition) is 3. The van der Waals surface area contributed by atoms with E-state index in [4.69, 9.17) is 9.47 Å². The first kappa shape index (κ1) is 24.4. The van der Waals surface area contributed by atoms with Gasteiger partial charge >= 0.3 is 11.8 Å². The summed E-state index contributed by atoms with van der Waals surface area (Å²) >= 11 is 0. The topological polar surface area (TPSA) is 118 Å². The molecule has 3 N–H and O–H groups in total. The summed E-state index contributed by atoms with van der Waals surface area (Å²) in [6.45, 7) is 7.46. The minimum absolute atomic E-state index is 0.155. The van der Waals surface area contributed by atoms with Crippen molar-refractivity contribution in [3.63, 3.8) is 0 Å². The lowest BCUT2D eigenvalue weighted by molar-refractivity contribution is -0.139. The number of amides is 3. The van der Waals surface area contributed by atoms with E-state index in [2.05, 4.69) is 21.2 Å². The van der Waals surface area contributed by atoms with Crippen molar-refractivity contribution >= 4 is 29.6 Å². The lowest BCUT2D eigenvalue weighted by atomic mass is 10.2. The van der Waals surface area contributed by atoms with Crippen molar-refractivity contribution in [1.82, 2.24) is 10.7 Å². The Bertz CT molecular complexity index is 988. The first-order valence-corrected chi connectivity index (χ1v) is 10.2. The molecule has 3 amide bonds. The number of carbonyl (C=O) groups excluding carboxylic acids is 3. The predicted octanol–water partition coefficient (Wildman–Crippen LogP) is 2.39. The van der Waals surface area contributed by atoms with Gasteiger partial charge in [0.1, 0.15) is 0 Å². The molecule has 0 heterocycles. The molecule has 32 heavy (non-hydrogen) atoms. The second-order valence-corrected chi connectivity index (χ2v) is 7.17. The Balaban J connectivity index is 1.97. The quantitative estimate of drug-likeness (QED) is 0.314. The molecular weight excluding hydrogens is 412 g/mol. The third-order valence-corrected chi connectivity index (χ3v) is 3.93. The van der Waals surface area contributed by atoms with Crippen LogP contribution in [0.1, 0.15) is 31.9 Å². The van der Waals surface area contributed by atoms with Gasteiger partial charge in [-0.05, 0) is 69.2 Å². The Morgan fingerprint density at radius 1 is 1.03 bits per heavy atom. The summed E-state index contributed by atoms with van der Waals surface area (Å²) in [5.74, 6) is -1.11. The molecule has 170 valence electrons. The summed E-state index contributed by atoms with van der Waals surface area (Å²) in [6, 6.07) is 12.3. The number of nitrogens with one attached hydrogen (secondary N) is 3. The maximum atomic E-state index is 12.2. The lowest BCUT2D eigenvalue weighted by Crippen LogP contribution is -2.41. The minimum atomic E-state index is -0.862. The van der Waals surface area contributed by atoms with E-state index in [0.29, 0.717) is 29.4 Å². The Morgan fingerprint density at radius 3 is 2.50 bits per heavy atom. The van der Waals surface area contributed by atoms with Crippen LogP contribution in [-0.4, -0.2) is 43.2 Å². The zero-order valence-electron chi connectivity index (χ0n) is 18.6. The summed E-state index contributed by atoms with van der Waals surface area (Å²) in [7, 11) is 0. The minimum Gasteiger partial charge on any atom is -0.490 e. The van der Waals surface area contributed by atoms with E-state index >= 15 is 0 Å². The Hall–Kier alpha value is -3.88. The number of hydrazone groups is 1. The first-order chi connectivity index (χ1) is 15.3. The van der Waals surface area contributed by atoms with E-state index in [0.717, 1.165) is 5.56 Å². The van der Waals surface area contributed by atoms with Crippen LogP contribution in [0.25, 0.3) is 0 Å². The average molecular weight is 441 g/mol. The highest BCUT2D eigenvalue weighted by Crippen LogP contribution is 2.28. The SMILES string of the molecule is CCOc1cc(/C=N\NC(=O)C(=O)NC(C)C)ccc1OCC(=O)Nc1cccc(C)c1. The number of hydrogen-bond acceptors (Lipinski definition) is 6. The molecule has 9 heteroatoms. The molecular formula is C23H28N4O5. The van der Waals surface area contributed by atoms with Gasteiger partial charge < -0.3 is 20.1 Å². The van der Waals surface area contributed by atoms with Crippen LogP contribution in [0.2, 0.25) is 0 Å². The molecule has 2 aromatic rings. The molecule has 0 radical (unpaired) electrons. The second kappa shape index (κ2) is 12.1. The average Bonchev–Trinajstić information content (AvgIpc) is 2.73. The number of benzene rings is 2. The van der Waals surface area contributed by atoms with Crippen molar-refractivity contribution in [3.05, 3.63) is 53.6 Å². The van der Waals surface area contributed by atoms with Gasteiger partial charge in [-0.3, -0.25) is 14.4 Å². The maximum absolute atomic E-state index is 12.2. The fourth-order valence-electron chi connectivity index (χ4n) is 2.60. The second-order valence-electron chi connectivity index (χ2n) is 7.17. The van der Waals surface area contributed by atoms with Crippen LogP contribution in [0.4, 0.5) is 5.69 Å². The fourth-order valence-corrected chi connectivity index (χ4v) is 2.60. The summed E-state index contributed by atoms with van der Waals surface area (Å²) in [4.78, 5) is 35.4. The molecule has 0 unspecified atom stereocenters. The van der Waals surface area contributed by atoms with Gasteiger partial charge in [-0.2, -0.15) is 5.10 Å². The number of nitrogens with zero attached hydrogens (tertiary/aromatic N) is 1. The van der Waals surface area contributed by atoms with Crippen LogP contribution in [0.15, 0.2) is 47.6 Å². The van der Waals surface area contributed by atoms with E-state index in [-0.39, 0.29) is 18.6 Å². The number of aryl methyl sites for hydroxylation is 1. The molecule has 0 bridgehead atoms. The van der Waals surface area contributed by atoms with Crippen molar-refractivity contribution in [1.29, 1.82) is 0 Å². The highest BCUT2D eigenvalue weighted by Gasteiger charge is 2.13. The van der Waals surface area contributed by atoms with Crippen LogP contribution in [0.5, 0.6) is 11.5 Å². The molecule has 0 aliphatic heterocycles. The van der Waals surface area contributed by atoms with Gasteiger partial charge in [0.2, 0.25) is 0 Å². The molecule has 0 saturated heterocycles. The molecule has 9 nitrogen and oxygen atoms in total. The Labute approximate surface area is 187 Å². The van der Waals surface area contributed by atoms with Crippen LogP contribution >= 0.6 is 0 Å². The van der Waals surface area contributed by atoms with Crippen LogP contribution in [-0.2, 0) is 14.4 Å². The first-order valence-electron chi connectivity index (χ1n) is 10.2. The molecule has 0 saturated carbocycles. The van der Waals surface area contributed by atoms with Crippen molar-refractivity contribution in [2.45, 2.75) is 33.7 Å². The smallest absolute Gasteiger partial charge is 0.329 e. The monoisotopic (exact) mass is 440 g/mol. The standard InChI is InChI=1S/C23H28N4O5/c1-5-31-20-12-17(13-24-27-23(30)22(29)25-15(2)3)9-10-19(20)32-14-21(28)26-18-8-6-7-16(4)11-18/h6-13,15H,5,14H2,1-4H3,(H,25,29)(H,26,28)(H,27,30)/b24-13-. The van der Waals surface area contributed by atoms with E-state index in [1.165, 1.54) is 6.21 Å². The van der Waals surface area contributed by atoms with Gasteiger partial charge in [0.15, 0.2) is 18.1 Å². The van der Waals surface area contributed by atoms with Gasteiger partial charge in [-0.1, -0.05) is 12.1 Å². The summed E-state index contributed by atoms with van der Waals surface area (Å²) in [5, 5.41) is 9.03. The van der Waals surface area contributed by atoms with Crippen molar-refractivity contribution in [2.75, 3.05) is 18.5 Å². The zero-order chi connectivity index (χ0) is 23.5. The third-order valence-electron chi connectivity index (χ3n) is 3.93. The highest BCUT2D eigenvalue weighted by molar-refractivity contribution is 6.35. The van der Waals surface area contributed by atoms with Gasteiger partial charge in [0.05, 0.1) is 12.8 Å². The number of rotatable bonds is 9. The Morgan fingerprint density at radius 2 is 1.81 bits per heavy atom. The molecule has 0 fully saturated rings. The van der Waals surface area contributed by atoms with E-state index < -0.39 is 11.8 Å². The molecule has 0 atom stereocenters. The summed E-state index contributed by atoms with van der Waals surface area (Å²) in [6.07, 6.45) is 1.37. The van der Waals surface area contributed by atoms with Crippen LogP contribution in [0.3, 0.4) is 0 Å². The van der Waals surface area contributed by atoms with Crippen LogP contribution < -0.4 is 25.5 Å². The highest BCUT2D eigenvalue weighted by atomic mass is 16.5. The number of anilines is 1. The fraction of sp³-hybridized carbons (Fsp3) is 0.304. The van der Waals surface area contributed by atoms with Gasteiger partial charge in [-0.25, -0.2) is 5.43 Å². The van der Waals surface area contributed by atoms with Crippen molar-refractivity contribution < 1.29 is 23.9 Å². The summed E-state index contributed by atoms with van der Waals surface area (Å²) < 4.78 is 11.2. The maximum Gasteiger partial charge on any atom is 0.329 e. The Kier molecular flexibility index (Phi) is 9.22. The lowest BCUT2D eigenvalue weighted by Gasteiger charge is -2.13. The molecule has 0 spiro atoms. The van der Waals surface area contributed by atoms with E-state index in [1.54, 1.807) is 38.1 Å². The van der Waals surface area contributed by atoms with Gasteiger partial charge in [0, 0.05) is 11.7 Å². The van der Waals surface area contributed by atoms with Gasteiger partial charge in [-0.15, -0.1) is 0 Å². The normalized spacial score (nSPS) is 10.7. The predicted molar refractivity (Wildman–Crippen MR) is 122 cm³/mol.